The Hall–Kier alpha value is -3.39. The number of pyridine rings is 1. The van der Waals surface area contributed by atoms with Gasteiger partial charge in [-0.2, -0.15) is 0 Å². The number of anilines is 2. The number of hydrogen-bond acceptors (Lipinski definition) is 5. The zero-order valence-electron chi connectivity index (χ0n) is 16.0. The lowest BCUT2D eigenvalue weighted by Gasteiger charge is -2.28. The first-order valence-electron chi connectivity index (χ1n) is 8.88. The van der Waals surface area contributed by atoms with Crippen LogP contribution in [-0.2, 0) is 14.8 Å². The maximum absolute atomic E-state index is 12.6. The van der Waals surface area contributed by atoms with Crippen LogP contribution in [0.4, 0.5) is 11.4 Å². The molecule has 1 atom stereocenters. The van der Waals surface area contributed by atoms with Gasteiger partial charge in [0, 0.05) is 6.20 Å². The van der Waals surface area contributed by atoms with Crippen molar-refractivity contribution < 1.29 is 17.9 Å². The van der Waals surface area contributed by atoms with E-state index in [2.05, 4.69) is 10.3 Å². The van der Waals surface area contributed by atoms with Crippen LogP contribution in [0, 0.1) is 0 Å². The highest BCUT2D eigenvalue weighted by atomic mass is 32.2. The fourth-order valence-corrected chi connectivity index (χ4v) is 3.95. The molecular formula is C21H21N3O4S. The Morgan fingerprint density at radius 1 is 1.00 bits per heavy atom. The summed E-state index contributed by atoms with van der Waals surface area (Å²) >= 11 is 0. The normalized spacial score (nSPS) is 12.1. The molecule has 3 rings (SSSR count). The molecule has 3 aromatic rings. The van der Waals surface area contributed by atoms with E-state index in [9.17, 15) is 13.2 Å². The summed E-state index contributed by atoms with van der Waals surface area (Å²) < 4.78 is 31.6. The fraction of sp³-hybridized carbons (Fsp3) is 0.143. The quantitative estimate of drug-likeness (QED) is 0.641. The summed E-state index contributed by atoms with van der Waals surface area (Å²) in [6, 6.07) is 18.2. The van der Waals surface area contributed by atoms with Gasteiger partial charge in [0.15, 0.2) is 0 Å². The van der Waals surface area contributed by atoms with Crippen LogP contribution in [0.1, 0.15) is 6.92 Å². The standard InChI is InChI=1S/C21H21N3O4S/c1-16(21(25)23-17-7-6-14-22-15-17)24(29(2,26)27)18-10-12-20(13-11-18)28-19-8-4-3-5-9-19/h3-16H,1-2H3,(H,23,25)/t16-/m0/s1. The topological polar surface area (TPSA) is 88.6 Å². The number of hydrogen-bond donors (Lipinski definition) is 1. The lowest BCUT2D eigenvalue weighted by atomic mass is 10.2. The van der Waals surface area contributed by atoms with Gasteiger partial charge in [-0.25, -0.2) is 8.42 Å². The van der Waals surface area contributed by atoms with Gasteiger partial charge < -0.3 is 10.1 Å². The molecule has 0 unspecified atom stereocenters. The van der Waals surface area contributed by atoms with E-state index in [-0.39, 0.29) is 0 Å². The van der Waals surface area contributed by atoms with Gasteiger partial charge in [0.1, 0.15) is 17.5 Å². The van der Waals surface area contributed by atoms with Gasteiger partial charge in [0.2, 0.25) is 15.9 Å². The van der Waals surface area contributed by atoms with Crippen molar-refractivity contribution in [1.29, 1.82) is 0 Å². The smallest absolute Gasteiger partial charge is 0.248 e. The van der Waals surface area contributed by atoms with Crippen LogP contribution >= 0.6 is 0 Å². The molecule has 7 nitrogen and oxygen atoms in total. The van der Waals surface area contributed by atoms with E-state index >= 15 is 0 Å². The Kier molecular flexibility index (Phi) is 6.13. The molecular weight excluding hydrogens is 390 g/mol. The molecule has 0 aliphatic heterocycles. The summed E-state index contributed by atoms with van der Waals surface area (Å²) in [4.78, 5) is 16.5. The molecule has 0 aliphatic carbocycles. The summed E-state index contributed by atoms with van der Waals surface area (Å²) in [5.41, 5.74) is 0.853. The largest absolute Gasteiger partial charge is 0.457 e. The molecule has 2 aromatic carbocycles. The Morgan fingerprint density at radius 3 is 2.24 bits per heavy atom. The second kappa shape index (κ2) is 8.74. The van der Waals surface area contributed by atoms with Crippen LogP contribution in [0.2, 0.25) is 0 Å². The molecule has 0 saturated carbocycles. The highest BCUT2D eigenvalue weighted by Crippen LogP contribution is 2.27. The maximum Gasteiger partial charge on any atom is 0.248 e. The molecule has 1 amide bonds. The molecule has 1 N–H and O–H groups in total. The SMILES string of the molecule is C[C@@H](C(=O)Nc1cccnc1)N(c1ccc(Oc2ccccc2)cc1)S(C)(=O)=O. The van der Waals surface area contributed by atoms with Crippen molar-refractivity contribution in [2.45, 2.75) is 13.0 Å². The molecule has 29 heavy (non-hydrogen) atoms. The second-order valence-corrected chi connectivity index (χ2v) is 8.23. The number of aromatic nitrogens is 1. The third kappa shape index (κ3) is 5.32. The molecule has 0 saturated heterocycles. The zero-order chi connectivity index (χ0) is 20.9. The second-order valence-electron chi connectivity index (χ2n) is 6.37. The number of nitrogens with zero attached hydrogens (tertiary/aromatic N) is 2. The molecule has 1 aromatic heterocycles. The fourth-order valence-electron chi connectivity index (χ4n) is 2.78. The van der Waals surface area contributed by atoms with Crippen LogP contribution in [0.5, 0.6) is 11.5 Å². The number of para-hydroxylation sites is 1. The minimum absolute atomic E-state index is 0.363. The van der Waals surface area contributed by atoms with Gasteiger partial charge in [-0.1, -0.05) is 18.2 Å². The van der Waals surface area contributed by atoms with Gasteiger partial charge in [-0.05, 0) is 55.5 Å². The molecule has 0 fully saturated rings. The van der Waals surface area contributed by atoms with Crippen molar-refractivity contribution in [3.63, 3.8) is 0 Å². The number of nitrogens with one attached hydrogen (secondary N) is 1. The number of sulfonamides is 1. The highest BCUT2D eigenvalue weighted by molar-refractivity contribution is 7.92. The predicted octanol–water partition coefficient (Wildman–Crippen LogP) is 3.67. The maximum atomic E-state index is 12.6. The van der Waals surface area contributed by atoms with Crippen molar-refractivity contribution in [2.75, 3.05) is 15.9 Å². The third-order valence-corrected chi connectivity index (χ3v) is 5.33. The molecule has 0 bridgehead atoms. The first-order valence-corrected chi connectivity index (χ1v) is 10.7. The number of amides is 1. The predicted molar refractivity (Wildman–Crippen MR) is 113 cm³/mol. The number of carbonyl (C=O) groups is 1. The number of rotatable bonds is 7. The summed E-state index contributed by atoms with van der Waals surface area (Å²) in [7, 11) is -3.71. The average molecular weight is 411 g/mol. The number of benzene rings is 2. The Morgan fingerprint density at radius 2 is 1.66 bits per heavy atom. The summed E-state index contributed by atoms with van der Waals surface area (Å²) in [6.45, 7) is 1.53. The van der Waals surface area contributed by atoms with Crippen LogP contribution in [0.25, 0.3) is 0 Å². The molecule has 1 heterocycles. The lowest BCUT2D eigenvalue weighted by Crippen LogP contribution is -2.45. The van der Waals surface area contributed by atoms with E-state index in [0.717, 1.165) is 10.6 Å². The zero-order valence-corrected chi connectivity index (χ0v) is 16.8. The van der Waals surface area contributed by atoms with Gasteiger partial charge >= 0.3 is 0 Å². The van der Waals surface area contributed by atoms with E-state index in [1.54, 1.807) is 42.6 Å². The van der Waals surface area contributed by atoms with E-state index < -0.39 is 22.0 Å². The Balaban J connectivity index is 1.80. The van der Waals surface area contributed by atoms with E-state index in [4.69, 9.17) is 4.74 Å². The lowest BCUT2D eigenvalue weighted by molar-refractivity contribution is -0.116. The van der Waals surface area contributed by atoms with Crippen LogP contribution < -0.4 is 14.4 Å². The first kappa shape index (κ1) is 20.3. The summed E-state index contributed by atoms with van der Waals surface area (Å²) in [5, 5.41) is 2.68. The Bertz CT molecular complexity index is 1060. The van der Waals surface area contributed by atoms with Crippen LogP contribution in [0.3, 0.4) is 0 Å². The van der Waals surface area contributed by atoms with E-state index in [1.807, 2.05) is 30.3 Å². The summed E-state index contributed by atoms with van der Waals surface area (Å²) in [5.74, 6) is 0.762. The van der Waals surface area contributed by atoms with Crippen molar-refractivity contribution in [3.05, 3.63) is 79.1 Å². The number of carbonyl (C=O) groups excluding carboxylic acids is 1. The van der Waals surface area contributed by atoms with Crippen LogP contribution in [-0.4, -0.2) is 31.6 Å². The molecule has 0 spiro atoms. The average Bonchev–Trinajstić information content (AvgIpc) is 2.70. The minimum atomic E-state index is -3.71. The molecule has 150 valence electrons. The number of ether oxygens (including phenoxy) is 1. The van der Waals surface area contributed by atoms with Crippen molar-refractivity contribution in [1.82, 2.24) is 4.98 Å². The highest BCUT2D eigenvalue weighted by Gasteiger charge is 2.29. The van der Waals surface area contributed by atoms with Gasteiger partial charge in [-0.3, -0.25) is 14.1 Å². The van der Waals surface area contributed by atoms with Crippen molar-refractivity contribution >= 4 is 27.3 Å². The Labute approximate surface area is 170 Å². The first-order chi connectivity index (χ1) is 13.8. The molecule has 0 radical (unpaired) electrons. The molecule has 0 aliphatic rings. The van der Waals surface area contributed by atoms with Gasteiger partial charge in [0.25, 0.3) is 0 Å². The minimum Gasteiger partial charge on any atom is -0.457 e. The monoisotopic (exact) mass is 411 g/mol. The van der Waals surface area contributed by atoms with Crippen LogP contribution in [0.15, 0.2) is 79.1 Å². The van der Waals surface area contributed by atoms with Crippen molar-refractivity contribution in [2.24, 2.45) is 0 Å². The van der Waals surface area contributed by atoms with Gasteiger partial charge in [-0.15, -0.1) is 0 Å². The van der Waals surface area contributed by atoms with E-state index in [0.29, 0.717) is 22.9 Å². The van der Waals surface area contributed by atoms with Gasteiger partial charge in [0.05, 0.1) is 23.8 Å². The summed E-state index contributed by atoms with van der Waals surface area (Å²) in [6.07, 6.45) is 4.14. The molecule has 8 heteroatoms. The van der Waals surface area contributed by atoms with Crippen molar-refractivity contribution in [3.8, 4) is 11.5 Å². The van der Waals surface area contributed by atoms with E-state index in [1.165, 1.54) is 13.1 Å². The third-order valence-electron chi connectivity index (χ3n) is 4.09.